The topological polar surface area (TPSA) is 38.7 Å². The summed E-state index contributed by atoms with van der Waals surface area (Å²) >= 11 is 0. The molecular weight excluding hydrogens is 150 g/mol. The van der Waals surface area contributed by atoms with Crippen LogP contribution in [0, 0.1) is 0 Å². The van der Waals surface area contributed by atoms with Gasteiger partial charge in [-0.3, -0.25) is 9.79 Å². The van der Waals surface area contributed by atoms with Crippen molar-refractivity contribution in [3.05, 3.63) is 11.6 Å². The Morgan fingerprint density at radius 1 is 1.70 bits per heavy atom. The van der Waals surface area contributed by atoms with Gasteiger partial charge < -0.3 is 4.18 Å². The average Bonchev–Trinajstić information content (AvgIpc) is 1.88. The molecular formula is C6H7NO2S. The lowest BCUT2D eigenvalue weighted by molar-refractivity contribution is -0.130. The number of hydrogen-bond acceptors (Lipinski definition) is 3. The highest BCUT2D eigenvalue weighted by Gasteiger charge is 1.95. The van der Waals surface area contributed by atoms with Crippen molar-refractivity contribution in [2.45, 2.75) is 6.92 Å². The number of hydrogen-bond donors (Lipinski definition) is 0. The second-order valence-corrected chi connectivity index (χ2v) is 2.99. The third-order valence-electron chi connectivity index (χ3n) is 0.776. The third-order valence-corrected chi connectivity index (χ3v) is 1.98. The molecule has 4 heteroatoms. The molecule has 0 saturated carbocycles. The maximum atomic E-state index is 10.4. The van der Waals surface area contributed by atoms with Gasteiger partial charge in [-0.25, -0.2) is 0 Å². The molecule has 0 aromatic rings. The molecule has 0 saturated heterocycles. The summed E-state index contributed by atoms with van der Waals surface area (Å²) in [6.45, 7) is 1.39. The van der Waals surface area contributed by atoms with Gasteiger partial charge in [-0.2, -0.15) is 0 Å². The van der Waals surface area contributed by atoms with E-state index in [9.17, 15) is 4.79 Å². The highest BCUT2D eigenvalue weighted by Crippen LogP contribution is 2.16. The maximum Gasteiger partial charge on any atom is 0.314 e. The predicted molar refractivity (Wildman–Crippen MR) is 43.1 cm³/mol. The Kier molecular flexibility index (Phi) is 2.39. The first-order valence-electron chi connectivity index (χ1n) is 2.73. The smallest absolute Gasteiger partial charge is 0.314 e. The summed E-state index contributed by atoms with van der Waals surface area (Å²) in [7, 11) is -0.479. The lowest BCUT2D eigenvalue weighted by atomic mass is 10.8. The monoisotopic (exact) mass is 157 g/mol. The van der Waals surface area contributed by atoms with Crippen molar-refractivity contribution in [2.75, 3.05) is 0 Å². The summed E-state index contributed by atoms with van der Waals surface area (Å²) in [5, 5.41) is 3.48. The molecule has 1 aliphatic rings. The van der Waals surface area contributed by atoms with Crippen molar-refractivity contribution in [1.82, 2.24) is 0 Å². The van der Waals surface area contributed by atoms with E-state index >= 15 is 0 Å². The summed E-state index contributed by atoms with van der Waals surface area (Å²) in [5.74, 6) is -0.264. The molecule has 1 rings (SSSR count). The van der Waals surface area contributed by atoms with Crippen LogP contribution in [0.25, 0.3) is 0 Å². The van der Waals surface area contributed by atoms with Gasteiger partial charge in [0.25, 0.3) is 0 Å². The summed E-state index contributed by atoms with van der Waals surface area (Å²) in [4.78, 5) is 14.2. The Balaban J connectivity index is 2.58. The van der Waals surface area contributed by atoms with Crippen LogP contribution in [0.3, 0.4) is 0 Å². The lowest BCUT2D eigenvalue weighted by Crippen LogP contribution is -1.93. The van der Waals surface area contributed by atoms with Crippen LogP contribution in [0.5, 0.6) is 0 Å². The summed E-state index contributed by atoms with van der Waals surface area (Å²) in [6, 6.07) is 0. The molecule has 0 radical (unpaired) electrons. The van der Waals surface area contributed by atoms with Crippen molar-refractivity contribution in [1.29, 1.82) is 0 Å². The van der Waals surface area contributed by atoms with Crippen molar-refractivity contribution in [2.24, 2.45) is 4.99 Å². The van der Waals surface area contributed by atoms with E-state index in [1.54, 1.807) is 23.2 Å². The van der Waals surface area contributed by atoms with E-state index in [-0.39, 0.29) is 5.97 Å². The molecule has 1 heterocycles. The molecule has 0 spiro atoms. The molecule has 0 fully saturated rings. The zero-order valence-electron chi connectivity index (χ0n) is 5.48. The predicted octanol–water partition coefficient (Wildman–Crippen LogP) is 1.09. The second kappa shape index (κ2) is 3.31. The third kappa shape index (κ3) is 2.14. The fourth-order valence-corrected chi connectivity index (χ4v) is 1.33. The van der Waals surface area contributed by atoms with Crippen LogP contribution in [0.1, 0.15) is 6.92 Å². The molecule has 0 aromatic carbocycles. The van der Waals surface area contributed by atoms with E-state index < -0.39 is 10.8 Å². The van der Waals surface area contributed by atoms with E-state index in [1.165, 1.54) is 6.92 Å². The summed E-state index contributed by atoms with van der Waals surface area (Å²) in [5.41, 5.74) is 0. The van der Waals surface area contributed by atoms with Crippen molar-refractivity contribution < 1.29 is 8.98 Å². The maximum absolute atomic E-state index is 10.4. The van der Waals surface area contributed by atoms with Gasteiger partial charge in [-0.1, -0.05) is 0 Å². The van der Waals surface area contributed by atoms with Gasteiger partial charge in [-0.05, 0) is 0 Å². The largest absolute Gasteiger partial charge is 0.396 e. The molecule has 54 valence electrons. The fraction of sp³-hybridized carbons (Fsp3) is 0.167. The Hall–Kier alpha value is -0.900. The van der Waals surface area contributed by atoms with Crippen LogP contribution < -0.4 is 0 Å². The number of carbonyl (C=O) groups is 1. The molecule has 0 amide bonds. The molecule has 10 heavy (non-hydrogen) atoms. The minimum absolute atomic E-state index is 0.264. The van der Waals surface area contributed by atoms with E-state index in [0.29, 0.717) is 0 Å². The Morgan fingerprint density at radius 2 is 2.50 bits per heavy atom. The van der Waals surface area contributed by atoms with Crippen molar-refractivity contribution in [3.8, 4) is 0 Å². The van der Waals surface area contributed by atoms with E-state index in [1.807, 2.05) is 0 Å². The molecule has 0 aromatic heterocycles. The summed E-state index contributed by atoms with van der Waals surface area (Å²) in [6.07, 6.45) is 3.23. The highest BCUT2D eigenvalue weighted by molar-refractivity contribution is 8.14. The second-order valence-electron chi connectivity index (χ2n) is 1.62. The van der Waals surface area contributed by atoms with E-state index in [2.05, 4.69) is 4.99 Å². The average molecular weight is 157 g/mol. The van der Waals surface area contributed by atoms with Gasteiger partial charge in [0, 0.05) is 40.9 Å². The number of carbonyl (C=O) groups excluding carboxylic acids is 1. The first kappa shape index (κ1) is 7.21. The fourth-order valence-electron chi connectivity index (χ4n) is 0.476. The number of aliphatic imine (C=N–C) groups is 1. The highest BCUT2D eigenvalue weighted by atomic mass is 32.2. The van der Waals surface area contributed by atoms with Crippen LogP contribution in [0.2, 0.25) is 0 Å². The van der Waals surface area contributed by atoms with Crippen molar-refractivity contribution >= 4 is 28.3 Å². The molecule has 0 bridgehead atoms. The molecule has 3 nitrogen and oxygen atoms in total. The van der Waals surface area contributed by atoms with Crippen molar-refractivity contribution in [3.63, 3.8) is 0 Å². The minimum Gasteiger partial charge on any atom is -0.396 e. The Morgan fingerprint density at radius 3 is 3.00 bits per heavy atom. The first-order valence-corrected chi connectivity index (χ1v) is 4.01. The molecule has 0 N–H and O–H groups in total. The van der Waals surface area contributed by atoms with Crippen LogP contribution in [-0.4, -0.2) is 17.6 Å². The van der Waals surface area contributed by atoms with Gasteiger partial charge in [-0.15, -0.1) is 0 Å². The van der Waals surface area contributed by atoms with Crippen LogP contribution in [0.4, 0.5) is 0 Å². The molecule has 0 aliphatic carbocycles. The zero-order valence-corrected chi connectivity index (χ0v) is 6.30. The van der Waals surface area contributed by atoms with Crippen LogP contribution in [0.15, 0.2) is 16.6 Å². The lowest BCUT2D eigenvalue weighted by Gasteiger charge is -2.01. The molecule has 1 unspecified atom stereocenters. The first-order chi connectivity index (χ1) is 4.79. The normalized spacial score (nSPS) is 21.9. The van der Waals surface area contributed by atoms with Gasteiger partial charge in [0.1, 0.15) is 0 Å². The molecule has 1 atom stereocenters. The standard InChI is InChI=1S/C6H7NO2S/c1-6(8)9-10-4-2-7-3-5-10/h2-5H,1H3. The Labute approximate surface area is 61.5 Å². The van der Waals surface area contributed by atoms with Crippen LogP contribution in [-0.2, 0) is 8.98 Å². The van der Waals surface area contributed by atoms with Gasteiger partial charge >= 0.3 is 5.97 Å². The molecule has 1 aliphatic heterocycles. The summed E-state index contributed by atoms with van der Waals surface area (Å²) < 4.78 is 4.85. The SMILES string of the molecule is CC(=O)OS1=CC=NC=C1. The minimum atomic E-state index is -0.479. The number of nitrogens with zero attached hydrogens (tertiary/aromatic N) is 1. The van der Waals surface area contributed by atoms with Crippen LogP contribution >= 0.6 is 10.8 Å². The zero-order chi connectivity index (χ0) is 7.40. The van der Waals surface area contributed by atoms with E-state index in [4.69, 9.17) is 4.18 Å². The van der Waals surface area contributed by atoms with E-state index in [0.717, 1.165) is 0 Å². The Bertz CT molecular complexity index is 230. The number of rotatable bonds is 1. The van der Waals surface area contributed by atoms with Gasteiger partial charge in [0.2, 0.25) is 0 Å². The van der Waals surface area contributed by atoms with Gasteiger partial charge in [0.15, 0.2) is 0 Å². The quantitative estimate of drug-likeness (QED) is 0.534. The van der Waals surface area contributed by atoms with Gasteiger partial charge in [0.05, 0.1) is 0 Å².